The lowest BCUT2D eigenvalue weighted by Crippen LogP contribution is -2.60. The number of rotatable bonds is 3. The fourth-order valence-electron chi connectivity index (χ4n) is 1.51. The Morgan fingerprint density at radius 2 is 1.58 bits per heavy atom. The number of nitrogens with one attached hydrogen (secondary N) is 1. The van der Waals surface area contributed by atoms with Gasteiger partial charge in [0.15, 0.2) is 0 Å². The van der Waals surface area contributed by atoms with E-state index in [0.717, 1.165) is 12.2 Å². The van der Waals surface area contributed by atoms with E-state index in [9.17, 15) is 15.3 Å². The molecule has 0 amide bonds. The molecule has 0 aromatic rings. The Morgan fingerprint density at radius 3 is 2.00 bits per heavy atom. The van der Waals surface area contributed by atoms with Gasteiger partial charge in [-0.25, -0.2) is 0 Å². The van der Waals surface area contributed by atoms with Crippen LogP contribution < -0.4 is 11.1 Å². The van der Waals surface area contributed by atoms with Gasteiger partial charge in [0.05, 0.1) is 6.10 Å². The van der Waals surface area contributed by atoms with Crippen molar-refractivity contribution in [3.8, 4) is 0 Å². The van der Waals surface area contributed by atoms with Gasteiger partial charge in [0.25, 0.3) is 0 Å². The van der Waals surface area contributed by atoms with Crippen molar-refractivity contribution in [2.75, 3.05) is 19.3 Å². The van der Waals surface area contributed by atoms with Gasteiger partial charge >= 0.3 is 0 Å². The van der Waals surface area contributed by atoms with Crippen LogP contribution in [0, 0.1) is 0 Å². The van der Waals surface area contributed by atoms with Gasteiger partial charge < -0.3 is 25.8 Å². The molecule has 0 aromatic heterocycles. The molecule has 1 fully saturated rings. The van der Waals surface area contributed by atoms with E-state index >= 15 is 0 Å². The summed E-state index contributed by atoms with van der Waals surface area (Å²) >= 11 is 3.79. The van der Waals surface area contributed by atoms with Crippen LogP contribution in [0.1, 0.15) is 27.2 Å². The van der Waals surface area contributed by atoms with E-state index in [2.05, 4.69) is 23.7 Å². The minimum atomic E-state index is -1.15. The third-order valence-corrected chi connectivity index (χ3v) is 2.45. The Kier molecular flexibility index (Phi) is 14.8. The van der Waals surface area contributed by atoms with Crippen LogP contribution in [0.4, 0.5) is 0 Å². The molecule has 1 rings (SSSR count). The normalized spacial score (nSPS) is 33.6. The maximum Gasteiger partial charge on any atom is 0.137 e. The van der Waals surface area contributed by atoms with Crippen molar-refractivity contribution in [2.45, 2.75) is 57.8 Å². The number of aliphatic hydroxyl groups is 3. The molecule has 5 unspecified atom stereocenters. The molecule has 0 radical (unpaired) electrons. The van der Waals surface area contributed by atoms with E-state index in [0.29, 0.717) is 6.54 Å². The van der Waals surface area contributed by atoms with Gasteiger partial charge in [-0.3, -0.25) is 5.32 Å². The lowest BCUT2D eigenvalue weighted by Gasteiger charge is -2.39. The van der Waals surface area contributed by atoms with Crippen molar-refractivity contribution in [3.05, 3.63) is 0 Å². The molecule has 0 saturated carbocycles. The van der Waals surface area contributed by atoms with E-state index in [1.54, 1.807) is 6.92 Å². The number of hydrogen-bond donors (Lipinski definition) is 6. The number of aliphatic hydroxyl groups excluding tert-OH is 3. The van der Waals surface area contributed by atoms with Gasteiger partial charge in [-0.1, -0.05) is 13.8 Å². The smallest absolute Gasteiger partial charge is 0.137 e. The summed E-state index contributed by atoms with van der Waals surface area (Å²) in [5, 5.41) is 31.4. The molecule has 1 aliphatic heterocycles. The standard InChI is InChI=1S/C9H19NO4.C2H6S.CH5N/c1-3-4-10-9-8(13)7(12)6(11)5(2)14-9;1-2-3;1-2/h5-13H,3-4H2,1-2H3;3H,2H2,1H3;2H2,1H3. The molecule has 19 heavy (non-hydrogen) atoms. The van der Waals surface area contributed by atoms with Crippen LogP contribution >= 0.6 is 12.6 Å². The zero-order chi connectivity index (χ0) is 15.4. The summed E-state index contributed by atoms with van der Waals surface area (Å²) in [5.41, 5.74) is 4.50. The SMILES string of the molecule is CCCNC1OC(C)C(O)C(O)C1O.CCS.CN. The van der Waals surface area contributed by atoms with Crippen molar-refractivity contribution < 1.29 is 20.1 Å². The molecule has 0 aliphatic carbocycles. The highest BCUT2D eigenvalue weighted by atomic mass is 32.1. The number of ether oxygens (including phenoxy) is 1. The molecule has 1 heterocycles. The van der Waals surface area contributed by atoms with Gasteiger partial charge in [-0.05, 0) is 32.7 Å². The first kappa shape index (κ1) is 21.4. The van der Waals surface area contributed by atoms with Crippen LogP contribution in [0.3, 0.4) is 0 Å². The summed E-state index contributed by atoms with van der Waals surface area (Å²) in [6.07, 6.45) is -3.39. The molecule has 1 aliphatic rings. The second-order valence-electron chi connectivity index (χ2n) is 4.00. The summed E-state index contributed by atoms with van der Waals surface area (Å²) in [5.74, 6) is 0.944. The quantitative estimate of drug-likeness (QED) is 0.386. The third-order valence-electron chi connectivity index (χ3n) is 2.45. The fourth-order valence-corrected chi connectivity index (χ4v) is 1.51. The summed E-state index contributed by atoms with van der Waals surface area (Å²) in [6.45, 7) is 6.36. The molecular formula is C12H30N2O4S. The van der Waals surface area contributed by atoms with Gasteiger partial charge in [0.2, 0.25) is 0 Å². The van der Waals surface area contributed by atoms with E-state index in [4.69, 9.17) is 4.74 Å². The van der Waals surface area contributed by atoms with E-state index in [-0.39, 0.29) is 0 Å². The van der Waals surface area contributed by atoms with Crippen molar-refractivity contribution in [2.24, 2.45) is 5.73 Å². The minimum absolute atomic E-state index is 0.470. The molecule has 5 atom stereocenters. The second kappa shape index (κ2) is 13.1. The first-order chi connectivity index (χ1) is 8.99. The molecule has 1 saturated heterocycles. The Morgan fingerprint density at radius 1 is 1.11 bits per heavy atom. The average Bonchev–Trinajstić information content (AvgIpc) is 2.42. The van der Waals surface area contributed by atoms with Crippen molar-refractivity contribution in [3.63, 3.8) is 0 Å². The molecular weight excluding hydrogens is 268 g/mol. The second-order valence-corrected chi connectivity index (χ2v) is 4.64. The molecule has 7 heteroatoms. The Balaban J connectivity index is 0. The topological polar surface area (TPSA) is 108 Å². The predicted molar refractivity (Wildman–Crippen MR) is 80.3 cm³/mol. The Bertz CT molecular complexity index is 201. The molecule has 6 N–H and O–H groups in total. The van der Waals surface area contributed by atoms with Gasteiger partial charge in [0.1, 0.15) is 24.5 Å². The van der Waals surface area contributed by atoms with Crippen LogP contribution in [-0.4, -0.2) is 65.3 Å². The molecule has 118 valence electrons. The number of thiol groups is 1. The van der Waals surface area contributed by atoms with Crippen LogP contribution in [0.5, 0.6) is 0 Å². The summed E-state index contributed by atoms with van der Waals surface area (Å²) in [7, 11) is 1.50. The third kappa shape index (κ3) is 8.09. The van der Waals surface area contributed by atoms with E-state index in [1.807, 2.05) is 13.8 Å². The van der Waals surface area contributed by atoms with Crippen molar-refractivity contribution in [1.29, 1.82) is 0 Å². The van der Waals surface area contributed by atoms with Crippen LogP contribution in [0.25, 0.3) is 0 Å². The minimum Gasteiger partial charge on any atom is -0.388 e. The van der Waals surface area contributed by atoms with E-state index < -0.39 is 30.6 Å². The van der Waals surface area contributed by atoms with Crippen LogP contribution in [-0.2, 0) is 4.74 Å². The van der Waals surface area contributed by atoms with Crippen LogP contribution in [0.15, 0.2) is 0 Å². The molecule has 0 bridgehead atoms. The first-order valence-corrected chi connectivity index (χ1v) is 7.24. The zero-order valence-electron chi connectivity index (χ0n) is 12.3. The highest BCUT2D eigenvalue weighted by Gasteiger charge is 2.41. The maximum absolute atomic E-state index is 9.55. The largest absolute Gasteiger partial charge is 0.388 e. The van der Waals surface area contributed by atoms with Gasteiger partial charge in [0, 0.05) is 0 Å². The van der Waals surface area contributed by atoms with Crippen molar-refractivity contribution in [1.82, 2.24) is 5.32 Å². The monoisotopic (exact) mass is 298 g/mol. The predicted octanol–water partition coefficient (Wildman–Crippen LogP) is -0.675. The summed E-state index contributed by atoms with van der Waals surface area (Å²) in [4.78, 5) is 0. The fraction of sp³-hybridized carbons (Fsp3) is 1.00. The lowest BCUT2D eigenvalue weighted by molar-refractivity contribution is -0.224. The van der Waals surface area contributed by atoms with Gasteiger partial charge in [-0.15, -0.1) is 0 Å². The highest BCUT2D eigenvalue weighted by molar-refractivity contribution is 7.80. The van der Waals surface area contributed by atoms with E-state index in [1.165, 1.54) is 7.05 Å². The summed E-state index contributed by atoms with van der Waals surface area (Å²) in [6, 6.07) is 0. The lowest BCUT2D eigenvalue weighted by atomic mass is 9.99. The van der Waals surface area contributed by atoms with Crippen LogP contribution in [0.2, 0.25) is 0 Å². The Labute approximate surface area is 121 Å². The molecule has 6 nitrogen and oxygen atoms in total. The maximum atomic E-state index is 9.55. The zero-order valence-corrected chi connectivity index (χ0v) is 13.2. The average molecular weight is 298 g/mol. The number of hydrogen-bond acceptors (Lipinski definition) is 7. The number of nitrogens with two attached hydrogens (primary N) is 1. The highest BCUT2D eigenvalue weighted by Crippen LogP contribution is 2.19. The first-order valence-electron chi connectivity index (χ1n) is 6.61. The molecule has 0 aromatic carbocycles. The van der Waals surface area contributed by atoms with Crippen molar-refractivity contribution >= 4 is 12.6 Å². The molecule has 0 spiro atoms. The Hall–Kier alpha value is 0.110. The summed E-state index contributed by atoms with van der Waals surface area (Å²) < 4.78 is 5.31. The van der Waals surface area contributed by atoms with Gasteiger partial charge in [-0.2, -0.15) is 12.6 Å².